The van der Waals surface area contributed by atoms with E-state index in [1.807, 2.05) is 0 Å². The molecule has 8 nitrogen and oxygen atoms in total. The standard InChI is InChI=1S/C26H29BN4O4S/c1-18-13-20(14-19(2)25(18)30-11-9-29(3)10-12-30)21-15-23-24(27(32)33)17-31(26(23)28-16-21)36(34,35)22-7-5-4-6-8-22/h4-8,13-17,32-33H,9-12H2,1-3H3. The number of fused-ring (bicyclic) bond motifs is 1. The molecule has 1 aliphatic heterocycles. The van der Waals surface area contributed by atoms with Gasteiger partial charge in [-0.3, -0.25) is 0 Å². The van der Waals surface area contributed by atoms with Crippen LogP contribution in [0, 0.1) is 13.8 Å². The average Bonchev–Trinajstić information content (AvgIpc) is 3.25. The van der Waals surface area contributed by atoms with Gasteiger partial charge in [-0.2, -0.15) is 0 Å². The molecule has 0 atom stereocenters. The van der Waals surface area contributed by atoms with E-state index in [9.17, 15) is 18.5 Å². The molecule has 0 radical (unpaired) electrons. The first-order valence-corrected chi connectivity index (χ1v) is 13.3. The maximum Gasteiger partial charge on any atom is 0.490 e. The molecule has 2 aromatic carbocycles. The molecule has 0 unspecified atom stereocenters. The van der Waals surface area contributed by atoms with Gasteiger partial charge in [0.2, 0.25) is 0 Å². The van der Waals surface area contributed by atoms with Crippen LogP contribution >= 0.6 is 0 Å². The Kier molecular flexibility index (Phi) is 6.38. The lowest BCUT2D eigenvalue weighted by molar-refractivity contribution is 0.312. The van der Waals surface area contributed by atoms with Crippen LogP contribution in [0.15, 0.2) is 65.8 Å². The highest BCUT2D eigenvalue weighted by molar-refractivity contribution is 7.90. The van der Waals surface area contributed by atoms with Gasteiger partial charge in [-0.1, -0.05) is 18.2 Å². The van der Waals surface area contributed by atoms with Crippen LogP contribution in [0.3, 0.4) is 0 Å². The van der Waals surface area contributed by atoms with E-state index >= 15 is 0 Å². The molecular formula is C26H29BN4O4S. The Balaban J connectivity index is 1.59. The van der Waals surface area contributed by atoms with Crippen molar-refractivity contribution in [3.8, 4) is 11.1 Å². The average molecular weight is 504 g/mol. The van der Waals surface area contributed by atoms with Crippen LogP contribution in [0.25, 0.3) is 22.2 Å². The summed E-state index contributed by atoms with van der Waals surface area (Å²) in [6, 6.07) is 14.0. The minimum Gasteiger partial charge on any atom is -0.423 e. The summed E-state index contributed by atoms with van der Waals surface area (Å²) in [5.41, 5.74) is 5.49. The van der Waals surface area contributed by atoms with Crippen LogP contribution in [-0.2, 0) is 10.0 Å². The van der Waals surface area contributed by atoms with Gasteiger partial charge in [0.25, 0.3) is 10.0 Å². The molecule has 2 aromatic heterocycles. The number of likely N-dealkylation sites (N-methyl/N-ethyl adjacent to an activating group) is 1. The Morgan fingerprint density at radius 2 is 1.56 bits per heavy atom. The van der Waals surface area contributed by atoms with Gasteiger partial charge in [-0.25, -0.2) is 17.4 Å². The highest BCUT2D eigenvalue weighted by Crippen LogP contribution is 2.33. The zero-order chi connectivity index (χ0) is 25.6. The Labute approximate surface area is 211 Å². The number of pyridine rings is 1. The molecule has 3 heterocycles. The van der Waals surface area contributed by atoms with E-state index in [2.05, 4.69) is 47.8 Å². The Morgan fingerprint density at radius 3 is 2.17 bits per heavy atom. The van der Waals surface area contributed by atoms with E-state index in [0.29, 0.717) is 5.39 Å². The Morgan fingerprint density at radius 1 is 0.917 bits per heavy atom. The molecule has 1 saturated heterocycles. The van der Waals surface area contributed by atoms with E-state index < -0.39 is 17.1 Å². The SMILES string of the molecule is Cc1cc(-c2cnc3c(c2)c(B(O)O)cn3S(=O)(=O)c2ccccc2)cc(C)c1N1CCN(C)CC1. The van der Waals surface area contributed by atoms with Gasteiger partial charge >= 0.3 is 7.12 Å². The summed E-state index contributed by atoms with van der Waals surface area (Å²) in [6.45, 7) is 8.20. The number of hydrogen-bond donors (Lipinski definition) is 2. The fraction of sp³-hybridized carbons (Fsp3) is 0.269. The Hall–Kier alpha value is -3.18. The van der Waals surface area contributed by atoms with Gasteiger partial charge in [-0.15, -0.1) is 0 Å². The summed E-state index contributed by atoms with van der Waals surface area (Å²) < 4.78 is 27.6. The van der Waals surface area contributed by atoms with Crippen LogP contribution in [0.1, 0.15) is 11.1 Å². The topological polar surface area (TPSA) is 98.9 Å². The maximum absolute atomic E-state index is 13.3. The van der Waals surface area contributed by atoms with E-state index in [-0.39, 0.29) is 16.0 Å². The monoisotopic (exact) mass is 504 g/mol. The van der Waals surface area contributed by atoms with Crippen molar-refractivity contribution in [2.24, 2.45) is 0 Å². The van der Waals surface area contributed by atoms with E-state index in [1.165, 1.54) is 24.0 Å². The lowest BCUT2D eigenvalue weighted by Gasteiger charge is -2.36. The van der Waals surface area contributed by atoms with Gasteiger partial charge < -0.3 is 19.8 Å². The molecule has 1 fully saturated rings. The third kappa shape index (κ3) is 4.30. The summed E-state index contributed by atoms with van der Waals surface area (Å²) in [7, 11) is -3.68. The molecule has 1 aliphatic rings. The van der Waals surface area contributed by atoms with Crippen molar-refractivity contribution >= 4 is 39.3 Å². The first kappa shape index (κ1) is 24.5. The summed E-state index contributed by atoms with van der Waals surface area (Å²) >= 11 is 0. The van der Waals surface area contributed by atoms with Crippen LogP contribution in [0.2, 0.25) is 0 Å². The first-order chi connectivity index (χ1) is 17.2. The molecule has 10 heteroatoms. The van der Waals surface area contributed by atoms with Crippen molar-refractivity contribution in [3.05, 3.63) is 72.1 Å². The number of piperazine rings is 1. The van der Waals surface area contributed by atoms with Crippen LogP contribution in [0.5, 0.6) is 0 Å². The highest BCUT2D eigenvalue weighted by Gasteiger charge is 2.27. The third-order valence-electron chi connectivity index (χ3n) is 6.86. The molecule has 0 bridgehead atoms. The number of rotatable bonds is 5. The number of hydrogen-bond acceptors (Lipinski definition) is 7. The zero-order valence-electron chi connectivity index (χ0n) is 20.6. The molecule has 4 aromatic rings. The first-order valence-electron chi connectivity index (χ1n) is 11.9. The largest absolute Gasteiger partial charge is 0.490 e. The van der Waals surface area contributed by atoms with Crippen molar-refractivity contribution in [2.75, 3.05) is 38.1 Å². The second kappa shape index (κ2) is 9.36. The highest BCUT2D eigenvalue weighted by atomic mass is 32.2. The second-order valence-electron chi connectivity index (χ2n) is 9.42. The summed E-state index contributed by atoms with van der Waals surface area (Å²) in [5.74, 6) is 0. The van der Waals surface area contributed by atoms with Gasteiger partial charge in [0, 0.05) is 60.7 Å². The zero-order valence-corrected chi connectivity index (χ0v) is 21.4. The third-order valence-corrected chi connectivity index (χ3v) is 8.53. The minimum absolute atomic E-state index is 0.0846. The van der Waals surface area contributed by atoms with Gasteiger partial charge in [-0.05, 0) is 67.9 Å². The minimum atomic E-state index is -3.97. The van der Waals surface area contributed by atoms with Crippen molar-refractivity contribution in [2.45, 2.75) is 18.7 Å². The Bertz CT molecular complexity index is 1510. The van der Waals surface area contributed by atoms with E-state index in [1.54, 1.807) is 30.5 Å². The molecule has 0 aliphatic carbocycles. The van der Waals surface area contributed by atoms with Crippen molar-refractivity contribution in [1.29, 1.82) is 0 Å². The van der Waals surface area contributed by atoms with E-state index in [0.717, 1.165) is 52.4 Å². The number of aryl methyl sites for hydroxylation is 2. The number of anilines is 1. The molecule has 0 amide bonds. The molecule has 36 heavy (non-hydrogen) atoms. The van der Waals surface area contributed by atoms with Crippen LogP contribution in [0.4, 0.5) is 5.69 Å². The number of nitrogens with zero attached hydrogens (tertiary/aromatic N) is 4. The van der Waals surface area contributed by atoms with Crippen molar-refractivity contribution in [3.63, 3.8) is 0 Å². The summed E-state index contributed by atoms with van der Waals surface area (Å²) in [6.07, 6.45) is 2.87. The molecule has 0 spiro atoms. The number of benzene rings is 2. The molecule has 5 rings (SSSR count). The fourth-order valence-electron chi connectivity index (χ4n) is 5.01. The maximum atomic E-state index is 13.3. The predicted molar refractivity (Wildman–Crippen MR) is 143 cm³/mol. The molecule has 186 valence electrons. The fourth-order valence-corrected chi connectivity index (χ4v) is 6.36. The summed E-state index contributed by atoms with van der Waals surface area (Å²) in [5, 5.41) is 20.4. The van der Waals surface area contributed by atoms with Crippen molar-refractivity contribution in [1.82, 2.24) is 13.9 Å². The van der Waals surface area contributed by atoms with Gasteiger partial charge in [0.1, 0.15) is 0 Å². The van der Waals surface area contributed by atoms with Crippen molar-refractivity contribution < 1.29 is 18.5 Å². The second-order valence-corrected chi connectivity index (χ2v) is 11.2. The lowest BCUT2D eigenvalue weighted by atomic mass is 9.80. The van der Waals surface area contributed by atoms with E-state index in [4.69, 9.17) is 0 Å². The predicted octanol–water partition coefficient (Wildman–Crippen LogP) is 1.99. The quantitative estimate of drug-likeness (QED) is 0.401. The number of aromatic nitrogens is 2. The lowest BCUT2D eigenvalue weighted by Crippen LogP contribution is -2.45. The normalized spacial score (nSPS) is 15.0. The summed E-state index contributed by atoms with van der Waals surface area (Å²) in [4.78, 5) is 9.32. The van der Waals surface area contributed by atoms with Gasteiger partial charge in [0.15, 0.2) is 5.65 Å². The smallest absolute Gasteiger partial charge is 0.423 e. The molecule has 0 saturated carbocycles. The molecular weight excluding hydrogens is 475 g/mol. The molecule has 2 N–H and O–H groups in total. The van der Waals surface area contributed by atoms with Crippen LogP contribution in [-0.4, -0.2) is 72.7 Å². The van der Waals surface area contributed by atoms with Crippen LogP contribution < -0.4 is 10.4 Å². The van der Waals surface area contributed by atoms with Gasteiger partial charge in [0.05, 0.1) is 4.90 Å².